The first-order valence-electron chi connectivity index (χ1n) is 9.07. The number of ether oxygens (including phenoxy) is 1. The molecule has 0 aromatic heterocycles. The van der Waals surface area contributed by atoms with Gasteiger partial charge < -0.3 is 10.5 Å². The van der Waals surface area contributed by atoms with Crippen molar-refractivity contribution in [1.29, 1.82) is 0 Å². The van der Waals surface area contributed by atoms with Crippen LogP contribution < -0.4 is 15.4 Å². The average molecular weight is 372 g/mol. The number of carbonyl (C=O) groups excluding carboxylic acids is 2. The van der Waals surface area contributed by atoms with E-state index in [1.54, 1.807) is 25.3 Å². The monoisotopic (exact) mass is 372 g/mol. The Balaban J connectivity index is 1.61. The highest BCUT2D eigenvalue weighted by Crippen LogP contribution is 2.32. The van der Waals surface area contributed by atoms with Crippen LogP contribution in [0.15, 0.2) is 66.7 Å². The molecule has 0 fully saturated rings. The first-order valence-corrected chi connectivity index (χ1v) is 9.07. The van der Waals surface area contributed by atoms with E-state index in [0.717, 1.165) is 23.3 Å². The molecule has 2 N–H and O–H groups in total. The first kappa shape index (κ1) is 17.8. The number of carbonyl (C=O) groups is 2. The number of anilines is 2. The molecule has 5 nitrogen and oxygen atoms in total. The Morgan fingerprint density at radius 3 is 2.32 bits per heavy atom. The number of aryl methyl sites for hydroxylation is 2. The Bertz CT molecular complexity index is 1060. The number of benzene rings is 3. The maximum absolute atomic E-state index is 12.9. The number of methoxy groups -OCH3 is 1. The van der Waals surface area contributed by atoms with Crippen molar-refractivity contribution in [2.24, 2.45) is 0 Å². The molecule has 0 radical (unpaired) electrons. The third-order valence-corrected chi connectivity index (χ3v) is 4.99. The van der Waals surface area contributed by atoms with Gasteiger partial charge in [0.15, 0.2) is 0 Å². The van der Waals surface area contributed by atoms with Gasteiger partial charge in [-0.15, -0.1) is 0 Å². The van der Waals surface area contributed by atoms with Crippen LogP contribution in [0, 0.1) is 0 Å². The van der Waals surface area contributed by atoms with E-state index in [9.17, 15) is 9.59 Å². The number of imide groups is 1. The van der Waals surface area contributed by atoms with E-state index in [-0.39, 0.29) is 11.8 Å². The maximum Gasteiger partial charge on any atom is 0.266 e. The fraction of sp³-hybridized carbons (Fsp3) is 0.130. The van der Waals surface area contributed by atoms with E-state index in [1.165, 1.54) is 4.90 Å². The molecule has 28 heavy (non-hydrogen) atoms. The van der Waals surface area contributed by atoms with Crippen molar-refractivity contribution in [3.05, 3.63) is 89.0 Å². The molecule has 0 unspecified atom stereocenters. The van der Waals surface area contributed by atoms with Gasteiger partial charge in [-0.3, -0.25) is 9.59 Å². The second-order valence-corrected chi connectivity index (χ2v) is 6.73. The van der Waals surface area contributed by atoms with Crippen molar-refractivity contribution < 1.29 is 14.3 Å². The molecule has 4 rings (SSSR count). The molecule has 3 aromatic carbocycles. The highest BCUT2D eigenvalue weighted by Gasteiger charge is 2.37. The standard InChI is InChI=1S/C23H20N2O3/c1-28-18-11-7-15(8-12-18)6-9-16-4-2-3-5-21(16)25-22(26)19-13-10-17(24)14-20(19)23(25)27/h2-5,7-8,10-14H,6,9,24H2,1H3. The van der Waals surface area contributed by atoms with Crippen molar-refractivity contribution in [3.8, 4) is 5.75 Å². The first-order chi connectivity index (χ1) is 13.6. The van der Waals surface area contributed by atoms with Gasteiger partial charge in [0, 0.05) is 5.69 Å². The van der Waals surface area contributed by atoms with Crippen LogP contribution in [0.3, 0.4) is 0 Å². The number of hydrogen-bond acceptors (Lipinski definition) is 4. The number of fused-ring (bicyclic) bond motifs is 1. The van der Waals surface area contributed by atoms with E-state index in [1.807, 2.05) is 48.5 Å². The zero-order chi connectivity index (χ0) is 19.7. The summed E-state index contributed by atoms with van der Waals surface area (Å²) in [7, 11) is 1.64. The number of nitrogens with two attached hydrogens (primary N) is 1. The predicted molar refractivity (Wildman–Crippen MR) is 109 cm³/mol. The largest absolute Gasteiger partial charge is 0.497 e. The second-order valence-electron chi connectivity index (χ2n) is 6.73. The van der Waals surface area contributed by atoms with Crippen LogP contribution in [0.2, 0.25) is 0 Å². The summed E-state index contributed by atoms with van der Waals surface area (Å²) in [6, 6.07) is 20.2. The lowest BCUT2D eigenvalue weighted by Gasteiger charge is -2.18. The molecule has 2 amide bonds. The van der Waals surface area contributed by atoms with Gasteiger partial charge in [-0.1, -0.05) is 30.3 Å². The molecular weight excluding hydrogens is 352 g/mol. The van der Waals surface area contributed by atoms with Crippen molar-refractivity contribution in [3.63, 3.8) is 0 Å². The normalized spacial score (nSPS) is 13.0. The molecule has 0 saturated carbocycles. The summed E-state index contributed by atoms with van der Waals surface area (Å²) in [5.41, 5.74) is 9.74. The van der Waals surface area contributed by atoms with Crippen molar-refractivity contribution in [2.45, 2.75) is 12.8 Å². The van der Waals surface area contributed by atoms with Crippen LogP contribution in [0.25, 0.3) is 0 Å². The van der Waals surface area contributed by atoms with E-state index < -0.39 is 0 Å². The second kappa shape index (κ2) is 7.19. The van der Waals surface area contributed by atoms with Gasteiger partial charge in [-0.05, 0) is 60.4 Å². The summed E-state index contributed by atoms with van der Waals surface area (Å²) in [5.74, 6) is 0.176. The number of nitrogens with zero attached hydrogens (tertiary/aromatic N) is 1. The van der Waals surface area contributed by atoms with Crippen LogP contribution >= 0.6 is 0 Å². The highest BCUT2D eigenvalue weighted by atomic mass is 16.5. The molecule has 0 saturated heterocycles. The lowest BCUT2D eigenvalue weighted by molar-refractivity contribution is 0.0926. The van der Waals surface area contributed by atoms with Crippen molar-refractivity contribution in [1.82, 2.24) is 0 Å². The third-order valence-electron chi connectivity index (χ3n) is 4.99. The van der Waals surface area contributed by atoms with E-state index >= 15 is 0 Å². The molecular formula is C23H20N2O3. The van der Waals surface area contributed by atoms with E-state index in [4.69, 9.17) is 10.5 Å². The minimum atomic E-state index is -0.329. The van der Waals surface area contributed by atoms with Gasteiger partial charge in [-0.2, -0.15) is 0 Å². The lowest BCUT2D eigenvalue weighted by Crippen LogP contribution is -2.30. The molecule has 0 atom stereocenters. The fourth-order valence-electron chi connectivity index (χ4n) is 3.49. The van der Waals surface area contributed by atoms with Gasteiger partial charge in [0.05, 0.1) is 23.9 Å². The summed E-state index contributed by atoms with van der Waals surface area (Å²) in [6.07, 6.45) is 1.50. The molecule has 0 aliphatic carbocycles. The number of nitrogen functional groups attached to an aromatic ring is 1. The Kier molecular flexibility index (Phi) is 4.57. The van der Waals surface area contributed by atoms with Crippen molar-refractivity contribution in [2.75, 3.05) is 17.7 Å². The molecule has 0 bridgehead atoms. The molecule has 5 heteroatoms. The molecule has 1 aliphatic heterocycles. The van der Waals surface area contributed by atoms with Gasteiger partial charge in [-0.25, -0.2) is 4.90 Å². The summed E-state index contributed by atoms with van der Waals surface area (Å²) in [6.45, 7) is 0. The fourth-order valence-corrected chi connectivity index (χ4v) is 3.49. The SMILES string of the molecule is COc1ccc(CCc2ccccc2N2C(=O)c3ccc(N)cc3C2=O)cc1. The molecule has 1 heterocycles. The van der Waals surface area contributed by atoms with Gasteiger partial charge in [0.1, 0.15) is 5.75 Å². The van der Waals surface area contributed by atoms with E-state index in [0.29, 0.717) is 28.9 Å². The number of para-hydroxylation sites is 1. The van der Waals surface area contributed by atoms with Gasteiger partial charge in [0.25, 0.3) is 11.8 Å². The van der Waals surface area contributed by atoms with Crippen LogP contribution in [0.5, 0.6) is 5.75 Å². The lowest BCUT2D eigenvalue weighted by atomic mass is 10.0. The zero-order valence-electron chi connectivity index (χ0n) is 15.5. The minimum Gasteiger partial charge on any atom is -0.497 e. The summed E-state index contributed by atoms with van der Waals surface area (Å²) in [4.78, 5) is 27.0. The van der Waals surface area contributed by atoms with E-state index in [2.05, 4.69) is 0 Å². The molecule has 1 aliphatic rings. The summed E-state index contributed by atoms with van der Waals surface area (Å²) in [5, 5.41) is 0. The maximum atomic E-state index is 12.9. The molecule has 3 aromatic rings. The van der Waals surface area contributed by atoms with Crippen LogP contribution in [0.1, 0.15) is 31.8 Å². The highest BCUT2D eigenvalue weighted by molar-refractivity contribution is 6.34. The van der Waals surface area contributed by atoms with Gasteiger partial charge in [0.2, 0.25) is 0 Å². The van der Waals surface area contributed by atoms with Gasteiger partial charge >= 0.3 is 0 Å². The Morgan fingerprint density at radius 1 is 0.857 bits per heavy atom. The quantitative estimate of drug-likeness (QED) is 0.545. The third kappa shape index (κ3) is 3.11. The average Bonchev–Trinajstić information content (AvgIpc) is 2.96. The topological polar surface area (TPSA) is 72.6 Å². The predicted octanol–water partition coefficient (Wildman–Crippen LogP) is 3.86. The molecule has 0 spiro atoms. The number of hydrogen-bond donors (Lipinski definition) is 1. The van der Waals surface area contributed by atoms with Crippen LogP contribution in [-0.4, -0.2) is 18.9 Å². The summed E-state index contributed by atoms with van der Waals surface area (Å²) >= 11 is 0. The van der Waals surface area contributed by atoms with Crippen LogP contribution in [0.4, 0.5) is 11.4 Å². The number of rotatable bonds is 5. The number of amides is 2. The minimum absolute atomic E-state index is 0.308. The Labute approximate surface area is 163 Å². The zero-order valence-corrected chi connectivity index (χ0v) is 15.5. The summed E-state index contributed by atoms with van der Waals surface area (Å²) < 4.78 is 5.19. The Morgan fingerprint density at radius 2 is 1.57 bits per heavy atom. The molecule has 140 valence electrons. The smallest absolute Gasteiger partial charge is 0.266 e. The van der Waals surface area contributed by atoms with Crippen LogP contribution in [-0.2, 0) is 12.8 Å². The Hall–Kier alpha value is -3.60. The van der Waals surface area contributed by atoms with Crippen molar-refractivity contribution >= 4 is 23.2 Å².